The number of likely N-dealkylation sites (tertiary alicyclic amines) is 1. The van der Waals surface area contributed by atoms with Crippen LogP contribution in [0.15, 0.2) is 36.5 Å². The molecule has 1 saturated heterocycles. The summed E-state index contributed by atoms with van der Waals surface area (Å²) in [5, 5.41) is 0. The molecule has 0 N–H and O–H groups in total. The van der Waals surface area contributed by atoms with Gasteiger partial charge in [-0.3, -0.25) is 9.88 Å². The van der Waals surface area contributed by atoms with E-state index in [1.54, 1.807) is 14.2 Å². The van der Waals surface area contributed by atoms with Crippen LogP contribution in [-0.2, 0) is 11.8 Å². The standard InChI is InChI=1S/C20H24N2O2/c1-22-12-10-20(14-6-7-17(23-2)18(13-14)24-3)9-8-16-15(19(20)22)5-4-11-21-16/h4-7,11,13,19H,8-10,12H2,1-3H3. The molecule has 2 aromatic rings. The lowest BCUT2D eigenvalue weighted by Gasteiger charge is -2.42. The Hall–Kier alpha value is -2.07. The Balaban J connectivity index is 1.85. The van der Waals surface area contributed by atoms with Gasteiger partial charge in [-0.15, -0.1) is 0 Å². The van der Waals surface area contributed by atoms with Crippen molar-refractivity contribution in [3.8, 4) is 11.5 Å². The first-order chi connectivity index (χ1) is 11.7. The zero-order valence-corrected chi connectivity index (χ0v) is 14.6. The fourth-order valence-corrected chi connectivity index (χ4v) is 4.70. The highest BCUT2D eigenvalue weighted by atomic mass is 16.5. The minimum atomic E-state index is 0.129. The lowest BCUT2D eigenvalue weighted by molar-refractivity contribution is 0.220. The van der Waals surface area contributed by atoms with Crippen molar-refractivity contribution in [2.75, 3.05) is 27.8 Å². The normalized spacial score (nSPS) is 25.9. The number of rotatable bonds is 3. The van der Waals surface area contributed by atoms with Gasteiger partial charge in [-0.2, -0.15) is 0 Å². The second-order valence-corrected chi connectivity index (χ2v) is 6.90. The van der Waals surface area contributed by atoms with E-state index in [-0.39, 0.29) is 5.41 Å². The highest BCUT2D eigenvalue weighted by Gasteiger charge is 2.50. The molecule has 2 atom stereocenters. The first-order valence-corrected chi connectivity index (χ1v) is 8.56. The van der Waals surface area contributed by atoms with Gasteiger partial charge in [-0.25, -0.2) is 0 Å². The van der Waals surface area contributed by atoms with Gasteiger partial charge in [0.05, 0.1) is 14.2 Å². The van der Waals surface area contributed by atoms with Crippen LogP contribution >= 0.6 is 0 Å². The molecule has 4 heteroatoms. The maximum atomic E-state index is 5.56. The number of benzene rings is 1. The average Bonchev–Trinajstić information content (AvgIpc) is 2.99. The second-order valence-electron chi connectivity index (χ2n) is 6.90. The molecule has 0 bridgehead atoms. The smallest absolute Gasteiger partial charge is 0.161 e. The molecule has 0 amide bonds. The minimum absolute atomic E-state index is 0.129. The molecule has 0 radical (unpaired) electrons. The molecule has 24 heavy (non-hydrogen) atoms. The summed E-state index contributed by atoms with van der Waals surface area (Å²) in [5.74, 6) is 1.60. The van der Waals surface area contributed by atoms with Crippen LogP contribution in [0.25, 0.3) is 0 Å². The maximum Gasteiger partial charge on any atom is 0.161 e. The Bertz CT molecular complexity index is 761. The number of aryl methyl sites for hydroxylation is 1. The first kappa shape index (κ1) is 15.5. The molecule has 4 rings (SSSR count). The van der Waals surface area contributed by atoms with E-state index in [2.05, 4.69) is 41.2 Å². The Morgan fingerprint density at radius 1 is 1.12 bits per heavy atom. The van der Waals surface area contributed by atoms with Crippen LogP contribution in [0.2, 0.25) is 0 Å². The lowest BCUT2D eigenvalue weighted by atomic mass is 9.65. The molecular weight excluding hydrogens is 300 g/mol. The number of hydrogen-bond acceptors (Lipinski definition) is 4. The fourth-order valence-electron chi connectivity index (χ4n) is 4.70. The Morgan fingerprint density at radius 3 is 2.75 bits per heavy atom. The van der Waals surface area contributed by atoms with Gasteiger partial charge in [-0.05, 0) is 62.2 Å². The quantitative estimate of drug-likeness (QED) is 0.867. The van der Waals surface area contributed by atoms with Gasteiger partial charge in [-0.1, -0.05) is 12.1 Å². The van der Waals surface area contributed by atoms with Gasteiger partial charge in [0.25, 0.3) is 0 Å². The van der Waals surface area contributed by atoms with Crippen molar-refractivity contribution in [1.29, 1.82) is 0 Å². The minimum Gasteiger partial charge on any atom is -0.493 e. The topological polar surface area (TPSA) is 34.6 Å². The summed E-state index contributed by atoms with van der Waals surface area (Å²) in [4.78, 5) is 7.11. The van der Waals surface area contributed by atoms with Gasteiger partial charge in [0.1, 0.15) is 0 Å². The first-order valence-electron chi connectivity index (χ1n) is 8.56. The highest BCUT2D eigenvalue weighted by molar-refractivity contribution is 5.48. The number of aromatic nitrogens is 1. The monoisotopic (exact) mass is 324 g/mol. The molecule has 4 nitrogen and oxygen atoms in total. The zero-order chi connectivity index (χ0) is 16.7. The van der Waals surface area contributed by atoms with E-state index in [1.807, 2.05) is 12.3 Å². The molecule has 2 unspecified atom stereocenters. The number of ether oxygens (including phenoxy) is 2. The van der Waals surface area contributed by atoms with Crippen LogP contribution in [0.4, 0.5) is 0 Å². The van der Waals surface area contributed by atoms with Gasteiger partial charge >= 0.3 is 0 Å². The number of hydrogen-bond donors (Lipinski definition) is 0. The van der Waals surface area contributed by atoms with Crippen LogP contribution < -0.4 is 9.47 Å². The third-order valence-corrected chi connectivity index (χ3v) is 5.86. The van der Waals surface area contributed by atoms with Crippen LogP contribution in [0, 0.1) is 0 Å². The molecule has 1 fully saturated rings. The molecule has 0 saturated carbocycles. The lowest BCUT2D eigenvalue weighted by Crippen LogP contribution is -2.38. The van der Waals surface area contributed by atoms with Crippen molar-refractivity contribution in [3.63, 3.8) is 0 Å². The number of fused-ring (bicyclic) bond motifs is 3. The van der Waals surface area contributed by atoms with Crippen LogP contribution in [0.5, 0.6) is 11.5 Å². The molecular formula is C20H24N2O2. The highest BCUT2D eigenvalue weighted by Crippen LogP contribution is 2.55. The average molecular weight is 324 g/mol. The molecule has 1 aliphatic carbocycles. The molecule has 2 heterocycles. The SMILES string of the molecule is COc1ccc(C23CCc4ncccc4C2N(C)CC3)cc1OC. The second kappa shape index (κ2) is 5.78. The van der Waals surface area contributed by atoms with Crippen molar-refractivity contribution in [1.82, 2.24) is 9.88 Å². The van der Waals surface area contributed by atoms with Crippen molar-refractivity contribution in [2.45, 2.75) is 30.7 Å². The predicted octanol–water partition coefficient (Wildman–Crippen LogP) is 3.36. The van der Waals surface area contributed by atoms with Crippen molar-refractivity contribution < 1.29 is 9.47 Å². The molecule has 126 valence electrons. The molecule has 1 aromatic heterocycles. The molecule has 1 aromatic carbocycles. The van der Waals surface area contributed by atoms with E-state index in [9.17, 15) is 0 Å². The summed E-state index contributed by atoms with van der Waals surface area (Å²) in [6, 6.07) is 11.1. The predicted molar refractivity (Wildman–Crippen MR) is 93.8 cm³/mol. The molecule has 1 aliphatic heterocycles. The number of nitrogens with zero attached hydrogens (tertiary/aromatic N) is 2. The van der Waals surface area contributed by atoms with E-state index in [1.165, 1.54) is 16.8 Å². The largest absolute Gasteiger partial charge is 0.493 e. The van der Waals surface area contributed by atoms with E-state index in [4.69, 9.17) is 9.47 Å². The Labute approximate surface area is 143 Å². The molecule has 2 aliphatic rings. The maximum absolute atomic E-state index is 5.56. The van der Waals surface area contributed by atoms with E-state index in [0.717, 1.165) is 37.3 Å². The molecule has 0 spiro atoms. The van der Waals surface area contributed by atoms with Crippen molar-refractivity contribution in [3.05, 3.63) is 53.3 Å². The summed E-state index contributed by atoms with van der Waals surface area (Å²) in [6.45, 7) is 1.10. The number of likely N-dealkylation sites (N-methyl/N-ethyl adjacent to an activating group) is 1. The van der Waals surface area contributed by atoms with Gasteiger partial charge in [0.2, 0.25) is 0 Å². The van der Waals surface area contributed by atoms with Crippen LogP contribution in [-0.4, -0.2) is 37.7 Å². The zero-order valence-electron chi connectivity index (χ0n) is 14.6. The summed E-state index contributed by atoms with van der Waals surface area (Å²) in [7, 11) is 5.62. The summed E-state index contributed by atoms with van der Waals surface area (Å²) < 4.78 is 11.0. The Kier molecular flexibility index (Phi) is 3.72. The van der Waals surface area contributed by atoms with E-state index < -0.39 is 0 Å². The Morgan fingerprint density at radius 2 is 1.96 bits per heavy atom. The van der Waals surface area contributed by atoms with E-state index >= 15 is 0 Å². The van der Waals surface area contributed by atoms with Crippen molar-refractivity contribution in [2.24, 2.45) is 0 Å². The van der Waals surface area contributed by atoms with Crippen molar-refractivity contribution >= 4 is 0 Å². The van der Waals surface area contributed by atoms with Gasteiger partial charge in [0.15, 0.2) is 11.5 Å². The third-order valence-electron chi connectivity index (χ3n) is 5.86. The summed E-state index contributed by atoms with van der Waals surface area (Å²) in [5.41, 5.74) is 4.12. The number of pyridine rings is 1. The van der Waals surface area contributed by atoms with Gasteiger partial charge in [0, 0.05) is 23.3 Å². The van der Waals surface area contributed by atoms with E-state index in [0.29, 0.717) is 6.04 Å². The summed E-state index contributed by atoms with van der Waals surface area (Å²) in [6.07, 6.45) is 5.24. The fraction of sp³-hybridized carbons (Fsp3) is 0.450. The van der Waals surface area contributed by atoms with Crippen LogP contribution in [0.1, 0.15) is 35.7 Å². The summed E-state index contributed by atoms with van der Waals surface area (Å²) >= 11 is 0. The van der Waals surface area contributed by atoms with Gasteiger partial charge < -0.3 is 9.47 Å². The third kappa shape index (κ3) is 2.13. The van der Waals surface area contributed by atoms with Crippen LogP contribution in [0.3, 0.4) is 0 Å². The number of methoxy groups -OCH3 is 2.